The standard InChI is InChI=1S/C20H19F3N2O4/c1-29-19(28)16(11-13-6-5-9-15(10-13)20(21,22)23)25-17(26)12-24-18(27)14-7-3-2-4-8-14/h2-10,16H,11-12H2,1H3,(H,24,27)(H,25,26)/t16-/m1/s1. The Kier molecular flexibility index (Phi) is 7.35. The Balaban J connectivity index is 2.01. The van der Waals surface area contributed by atoms with Gasteiger partial charge in [0, 0.05) is 12.0 Å². The predicted molar refractivity (Wildman–Crippen MR) is 97.9 cm³/mol. The van der Waals surface area contributed by atoms with Gasteiger partial charge in [0.15, 0.2) is 0 Å². The molecule has 154 valence electrons. The normalized spacial score (nSPS) is 12.0. The molecule has 0 aromatic heterocycles. The molecule has 9 heteroatoms. The van der Waals surface area contributed by atoms with Crippen molar-refractivity contribution in [3.63, 3.8) is 0 Å². The first-order valence-corrected chi connectivity index (χ1v) is 8.57. The van der Waals surface area contributed by atoms with Crippen LogP contribution in [0.3, 0.4) is 0 Å². The summed E-state index contributed by atoms with van der Waals surface area (Å²) < 4.78 is 43.2. The van der Waals surface area contributed by atoms with Crippen LogP contribution in [-0.2, 0) is 26.9 Å². The number of hydrogen-bond donors (Lipinski definition) is 2. The second-order valence-corrected chi connectivity index (χ2v) is 6.09. The Labute approximate surface area is 165 Å². The molecule has 2 rings (SSSR count). The molecule has 0 radical (unpaired) electrons. The number of nitrogens with one attached hydrogen (secondary N) is 2. The summed E-state index contributed by atoms with van der Waals surface area (Å²) in [6.07, 6.45) is -4.73. The van der Waals surface area contributed by atoms with Gasteiger partial charge in [0.05, 0.1) is 19.2 Å². The summed E-state index contributed by atoms with van der Waals surface area (Å²) in [5, 5.41) is 4.77. The lowest BCUT2D eigenvalue weighted by molar-refractivity contribution is -0.144. The SMILES string of the molecule is COC(=O)[C@@H](Cc1cccc(C(F)(F)F)c1)NC(=O)CNC(=O)c1ccccc1. The monoisotopic (exact) mass is 408 g/mol. The number of esters is 1. The molecule has 0 heterocycles. The van der Waals surface area contributed by atoms with Crippen LogP contribution in [-0.4, -0.2) is 37.5 Å². The minimum atomic E-state index is -4.53. The van der Waals surface area contributed by atoms with Gasteiger partial charge in [-0.15, -0.1) is 0 Å². The second kappa shape index (κ2) is 9.72. The van der Waals surface area contributed by atoms with Crippen molar-refractivity contribution < 1.29 is 32.3 Å². The van der Waals surface area contributed by atoms with E-state index in [0.717, 1.165) is 19.2 Å². The van der Waals surface area contributed by atoms with Gasteiger partial charge in [0.2, 0.25) is 5.91 Å². The predicted octanol–water partition coefficient (Wildman–Crippen LogP) is 2.34. The molecule has 0 aliphatic heterocycles. The largest absolute Gasteiger partial charge is 0.467 e. The minimum absolute atomic E-state index is 0.198. The quantitative estimate of drug-likeness (QED) is 0.689. The van der Waals surface area contributed by atoms with E-state index in [1.165, 1.54) is 12.1 Å². The van der Waals surface area contributed by atoms with Crippen molar-refractivity contribution in [3.8, 4) is 0 Å². The van der Waals surface area contributed by atoms with Crippen LogP contribution >= 0.6 is 0 Å². The molecule has 2 aromatic rings. The molecular formula is C20H19F3N2O4. The van der Waals surface area contributed by atoms with Crippen molar-refractivity contribution in [2.45, 2.75) is 18.6 Å². The van der Waals surface area contributed by atoms with E-state index in [2.05, 4.69) is 15.4 Å². The van der Waals surface area contributed by atoms with Crippen LogP contribution in [0.25, 0.3) is 0 Å². The highest BCUT2D eigenvalue weighted by molar-refractivity contribution is 5.96. The molecule has 0 spiro atoms. The zero-order chi connectivity index (χ0) is 21.4. The molecule has 0 fully saturated rings. The fraction of sp³-hybridized carbons (Fsp3) is 0.250. The number of alkyl halides is 3. The molecule has 0 bridgehead atoms. The molecule has 2 N–H and O–H groups in total. The van der Waals surface area contributed by atoms with E-state index in [1.54, 1.807) is 30.3 Å². The molecule has 0 saturated carbocycles. The molecule has 6 nitrogen and oxygen atoms in total. The third kappa shape index (κ3) is 6.63. The van der Waals surface area contributed by atoms with Crippen LogP contribution in [0.2, 0.25) is 0 Å². The minimum Gasteiger partial charge on any atom is -0.467 e. The first kappa shape index (κ1) is 21.9. The number of amides is 2. The van der Waals surface area contributed by atoms with Gasteiger partial charge in [-0.1, -0.05) is 36.4 Å². The zero-order valence-corrected chi connectivity index (χ0v) is 15.5. The van der Waals surface area contributed by atoms with Crippen molar-refractivity contribution in [2.75, 3.05) is 13.7 Å². The summed E-state index contributed by atoms with van der Waals surface area (Å²) in [6, 6.07) is 11.4. The zero-order valence-electron chi connectivity index (χ0n) is 15.5. The molecular weight excluding hydrogens is 389 g/mol. The van der Waals surface area contributed by atoms with Crippen molar-refractivity contribution in [2.24, 2.45) is 0 Å². The molecule has 2 aromatic carbocycles. The summed E-state index contributed by atoms with van der Waals surface area (Å²) in [7, 11) is 1.10. The Morgan fingerprint density at radius 1 is 1.03 bits per heavy atom. The number of halogens is 3. The smallest absolute Gasteiger partial charge is 0.416 e. The van der Waals surface area contributed by atoms with E-state index >= 15 is 0 Å². The van der Waals surface area contributed by atoms with Crippen LogP contribution in [0.15, 0.2) is 54.6 Å². The third-order valence-electron chi connectivity index (χ3n) is 3.96. The van der Waals surface area contributed by atoms with E-state index in [1.807, 2.05) is 0 Å². The van der Waals surface area contributed by atoms with Crippen LogP contribution in [0.4, 0.5) is 13.2 Å². The van der Waals surface area contributed by atoms with Gasteiger partial charge in [0.1, 0.15) is 6.04 Å². The molecule has 29 heavy (non-hydrogen) atoms. The highest BCUT2D eigenvalue weighted by atomic mass is 19.4. The number of methoxy groups -OCH3 is 1. The van der Waals surface area contributed by atoms with Gasteiger partial charge in [-0.3, -0.25) is 9.59 Å². The summed E-state index contributed by atoms with van der Waals surface area (Å²) in [4.78, 5) is 36.0. The van der Waals surface area contributed by atoms with Crippen molar-refractivity contribution in [3.05, 3.63) is 71.3 Å². The van der Waals surface area contributed by atoms with Crippen LogP contribution in [0.5, 0.6) is 0 Å². The van der Waals surface area contributed by atoms with Gasteiger partial charge in [0.25, 0.3) is 5.91 Å². The van der Waals surface area contributed by atoms with Crippen LogP contribution in [0, 0.1) is 0 Å². The average Bonchev–Trinajstić information content (AvgIpc) is 2.71. The van der Waals surface area contributed by atoms with Crippen molar-refractivity contribution in [1.82, 2.24) is 10.6 Å². The number of hydrogen-bond acceptors (Lipinski definition) is 4. The average molecular weight is 408 g/mol. The lowest BCUT2D eigenvalue weighted by atomic mass is 10.0. The number of carbonyl (C=O) groups is 3. The van der Waals surface area contributed by atoms with Gasteiger partial charge in [-0.2, -0.15) is 13.2 Å². The van der Waals surface area contributed by atoms with Gasteiger partial charge in [-0.05, 0) is 23.8 Å². The Morgan fingerprint density at radius 2 is 1.72 bits per heavy atom. The van der Waals surface area contributed by atoms with Gasteiger partial charge < -0.3 is 15.4 Å². The Bertz CT molecular complexity index is 870. The lowest BCUT2D eigenvalue weighted by Crippen LogP contribution is -2.47. The van der Waals surface area contributed by atoms with E-state index in [9.17, 15) is 27.6 Å². The van der Waals surface area contributed by atoms with E-state index in [0.29, 0.717) is 5.56 Å². The third-order valence-corrected chi connectivity index (χ3v) is 3.96. The maximum atomic E-state index is 12.9. The summed E-state index contributed by atoms with van der Waals surface area (Å²) >= 11 is 0. The molecule has 0 saturated heterocycles. The topological polar surface area (TPSA) is 84.5 Å². The van der Waals surface area contributed by atoms with E-state index < -0.39 is 42.1 Å². The first-order valence-electron chi connectivity index (χ1n) is 8.57. The Hall–Kier alpha value is -3.36. The second-order valence-electron chi connectivity index (χ2n) is 6.09. The Morgan fingerprint density at radius 3 is 2.34 bits per heavy atom. The number of ether oxygens (including phenoxy) is 1. The molecule has 1 atom stereocenters. The summed E-state index contributed by atoms with van der Waals surface area (Å²) in [5.41, 5.74) is -0.308. The molecule has 0 unspecified atom stereocenters. The van der Waals surface area contributed by atoms with Crippen molar-refractivity contribution in [1.29, 1.82) is 0 Å². The highest BCUT2D eigenvalue weighted by Gasteiger charge is 2.31. The van der Waals surface area contributed by atoms with Gasteiger partial charge in [-0.25, -0.2) is 4.79 Å². The highest BCUT2D eigenvalue weighted by Crippen LogP contribution is 2.29. The van der Waals surface area contributed by atoms with Gasteiger partial charge >= 0.3 is 12.1 Å². The summed E-state index contributed by atoms with van der Waals surface area (Å²) in [6.45, 7) is -0.413. The summed E-state index contributed by atoms with van der Waals surface area (Å²) in [5.74, 6) is -1.98. The number of rotatable bonds is 7. The molecule has 0 aliphatic rings. The fourth-order valence-corrected chi connectivity index (χ4v) is 2.54. The van der Waals surface area contributed by atoms with E-state index in [4.69, 9.17) is 0 Å². The maximum absolute atomic E-state index is 12.9. The fourth-order valence-electron chi connectivity index (χ4n) is 2.54. The maximum Gasteiger partial charge on any atom is 0.416 e. The molecule has 0 aliphatic carbocycles. The first-order chi connectivity index (χ1) is 13.7. The number of carbonyl (C=O) groups excluding carboxylic acids is 3. The molecule has 2 amide bonds. The van der Waals surface area contributed by atoms with Crippen LogP contribution in [0.1, 0.15) is 21.5 Å². The van der Waals surface area contributed by atoms with E-state index in [-0.39, 0.29) is 12.0 Å². The lowest BCUT2D eigenvalue weighted by Gasteiger charge is -2.17. The number of benzene rings is 2. The van der Waals surface area contributed by atoms with Crippen molar-refractivity contribution >= 4 is 17.8 Å². The van der Waals surface area contributed by atoms with Crippen LogP contribution < -0.4 is 10.6 Å².